The number of aliphatic imine (C=N–C) groups is 1. The third-order valence-corrected chi connectivity index (χ3v) is 5.73. The number of dihydropyridines is 1. The summed E-state index contributed by atoms with van der Waals surface area (Å²) in [5.41, 5.74) is 4.75. The Balaban J connectivity index is 1.67. The molecule has 0 saturated carbocycles. The fraction of sp³-hybridized carbons (Fsp3) is 0.435. The molecule has 0 saturated heterocycles. The van der Waals surface area contributed by atoms with Crippen LogP contribution in [0.5, 0.6) is 0 Å². The van der Waals surface area contributed by atoms with Gasteiger partial charge in [0.2, 0.25) is 0 Å². The van der Waals surface area contributed by atoms with E-state index in [1.165, 1.54) is 0 Å². The van der Waals surface area contributed by atoms with Crippen molar-refractivity contribution >= 4 is 34.1 Å². The predicted molar refractivity (Wildman–Crippen MR) is 121 cm³/mol. The third-order valence-electron chi connectivity index (χ3n) is 5.73. The van der Waals surface area contributed by atoms with E-state index in [1.54, 1.807) is 13.1 Å². The number of nitrogens with zero attached hydrogens (tertiary/aromatic N) is 4. The molecule has 4 heterocycles. The predicted octanol–water partition coefficient (Wildman–Crippen LogP) is 2.68. The smallest absolute Gasteiger partial charge is 0.254 e. The summed E-state index contributed by atoms with van der Waals surface area (Å²) in [5.74, 6) is -0.890. The number of hydrogen-bond acceptors (Lipinski definition) is 5. The van der Waals surface area contributed by atoms with E-state index in [1.807, 2.05) is 37.6 Å². The van der Waals surface area contributed by atoms with E-state index in [0.717, 1.165) is 36.4 Å². The first-order valence-corrected chi connectivity index (χ1v) is 10.7. The zero-order valence-corrected chi connectivity index (χ0v) is 18.4. The number of carbonyl (C=O) groups is 2. The maximum absolute atomic E-state index is 13.2. The molecule has 0 aromatic carbocycles. The first-order chi connectivity index (χ1) is 14.8. The zero-order chi connectivity index (χ0) is 22.1. The van der Waals surface area contributed by atoms with E-state index < -0.39 is 5.92 Å². The van der Waals surface area contributed by atoms with Gasteiger partial charge in [0.25, 0.3) is 11.8 Å². The molecule has 8 heteroatoms. The van der Waals surface area contributed by atoms with Crippen LogP contribution in [0.25, 0.3) is 16.6 Å². The molecule has 0 aliphatic carbocycles. The molecule has 1 unspecified atom stereocenters. The number of amides is 2. The Bertz CT molecular complexity index is 1140. The summed E-state index contributed by atoms with van der Waals surface area (Å²) in [6.07, 6.45) is 6.55. The van der Waals surface area contributed by atoms with E-state index in [4.69, 9.17) is 4.98 Å². The maximum Gasteiger partial charge on any atom is 0.254 e. The number of carbonyl (C=O) groups excluding carboxylic acids is 2. The number of rotatable bonds is 5. The lowest BCUT2D eigenvalue weighted by molar-refractivity contribution is -0.120. The molecular weight excluding hydrogens is 392 g/mol. The summed E-state index contributed by atoms with van der Waals surface area (Å²) in [6, 6.07) is 1.96. The summed E-state index contributed by atoms with van der Waals surface area (Å²) in [6.45, 7) is 9.65. The SMILES string of the molecule is CC1=CC(C)=NC(=O)C1CNC(=O)c1cc(C2=CCNCC2)nc2c1cnn2C(C)C. The Labute approximate surface area is 181 Å². The van der Waals surface area contributed by atoms with Crippen LogP contribution in [0, 0.1) is 5.92 Å². The van der Waals surface area contributed by atoms with E-state index in [0.29, 0.717) is 22.3 Å². The number of fused-ring (bicyclic) bond motifs is 1. The highest BCUT2D eigenvalue weighted by atomic mass is 16.2. The molecule has 0 bridgehead atoms. The molecule has 31 heavy (non-hydrogen) atoms. The van der Waals surface area contributed by atoms with Crippen LogP contribution in [0.3, 0.4) is 0 Å². The molecule has 2 aliphatic heterocycles. The van der Waals surface area contributed by atoms with Gasteiger partial charge < -0.3 is 10.6 Å². The molecule has 0 fully saturated rings. The fourth-order valence-electron chi connectivity index (χ4n) is 4.05. The number of hydrogen-bond donors (Lipinski definition) is 2. The van der Waals surface area contributed by atoms with Crippen molar-refractivity contribution < 1.29 is 9.59 Å². The minimum absolute atomic E-state index is 0.118. The Kier molecular flexibility index (Phi) is 5.82. The molecule has 2 aliphatic rings. The van der Waals surface area contributed by atoms with Crippen LogP contribution in [-0.4, -0.2) is 51.9 Å². The topological polar surface area (TPSA) is 101 Å². The normalized spacial score (nSPS) is 19.3. The van der Waals surface area contributed by atoms with Crippen molar-refractivity contribution in [3.8, 4) is 0 Å². The highest BCUT2D eigenvalue weighted by Gasteiger charge is 2.25. The fourth-order valence-corrected chi connectivity index (χ4v) is 4.05. The number of pyridine rings is 1. The third kappa shape index (κ3) is 4.20. The van der Waals surface area contributed by atoms with Crippen LogP contribution in [0.2, 0.25) is 0 Å². The second-order valence-electron chi connectivity index (χ2n) is 8.40. The van der Waals surface area contributed by atoms with E-state index in [2.05, 4.69) is 26.8 Å². The average Bonchev–Trinajstić information content (AvgIpc) is 3.17. The van der Waals surface area contributed by atoms with Crippen LogP contribution in [0.1, 0.15) is 56.2 Å². The van der Waals surface area contributed by atoms with Gasteiger partial charge in [0.1, 0.15) is 0 Å². The minimum atomic E-state index is -0.435. The van der Waals surface area contributed by atoms with E-state index in [9.17, 15) is 9.59 Å². The molecule has 0 radical (unpaired) electrons. The summed E-state index contributed by atoms with van der Waals surface area (Å²) in [4.78, 5) is 34.4. The molecular formula is C23H28N6O2. The van der Waals surface area contributed by atoms with Crippen LogP contribution >= 0.6 is 0 Å². The standard InChI is InChI=1S/C23H28N6O2/c1-13(2)29-21-19(12-26-29)17(10-20(28-21)16-5-7-24-8-6-16)22(30)25-11-18-14(3)9-15(4)27-23(18)31/h5,9-10,12-13,18,24H,6-8,11H2,1-4H3,(H,25,30). The molecule has 2 aromatic heterocycles. The Morgan fingerprint density at radius 3 is 2.84 bits per heavy atom. The maximum atomic E-state index is 13.2. The van der Waals surface area contributed by atoms with Crippen molar-refractivity contribution in [2.45, 2.75) is 40.2 Å². The van der Waals surface area contributed by atoms with Crippen molar-refractivity contribution in [1.82, 2.24) is 25.4 Å². The van der Waals surface area contributed by atoms with Gasteiger partial charge >= 0.3 is 0 Å². The van der Waals surface area contributed by atoms with Crippen LogP contribution in [-0.2, 0) is 4.79 Å². The average molecular weight is 421 g/mol. The molecule has 8 nitrogen and oxygen atoms in total. The first kappa shape index (κ1) is 21.1. The van der Waals surface area contributed by atoms with Crippen molar-refractivity contribution in [1.29, 1.82) is 0 Å². The monoisotopic (exact) mass is 420 g/mol. The van der Waals surface area contributed by atoms with Gasteiger partial charge in [-0.15, -0.1) is 0 Å². The van der Waals surface area contributed by atoms with Gasteiger partial charge in [0.15, 0.2) is 5.65 Å². The van der Waals surface area contributed by atoms with Crippen LogP contribution < -0.4 is 10.6 Å². The van der Waals surface area contributed by atoms with Gasteiger partial charge in [0.05, 0.1) is 28.8 Å². The van der Waals surface area contributed by atoms with E-state index >= 15 is 0 Å². The molecule has 2 aromatic rings. The molecule has 2 N–H and O–H groups in total. The van der Waals surface area contributed by atoms with E-state index in [-0.39, 0.29) is 24.4 Å². The molecule has 2 amide bonds. The Morgan fingerprint density at radius 2 is 2.16 bits per heavy atom. The largest absolute Gasteiger partial charge is 0.351 e. The summed E-state index contributed by atoms with van der Waals surface area (Å²) >= 11 is 0. The Hall–Kier alpha value is -3.13. The lowest BCUT2D eigenvalue weighted by Gasteiger charge is -2.19. The molecule has 162 valence electrons. The minimum Gasteiger partial charge on any atom is -0.351 e. The number of aromatic nitrogens is 3. The first-order valence-electron chi connectivity index (χ1n) is 10.7. The highest BCUT2D eigenvalue weighted by molar-refractivity contribution is 6.07. The summed E-state index contributed by atoms with van der Waals surface area (Å²) in [7, 11) is 0. The molecule has 1 atom stereocenters. The summed E-state index contributed by atoms with van der Waals surface area (Å²) < 4.78 is 1.84. The number of nitrogens with one attached hydrogen (secondary N) is 2. The highest BCUT2D eigenvalue weighted by Crippen LogP contribution is 2.26. The van der Waals surface area contributed by atoms with Gasteiger partial charge in [-0.25, -0.2) is 14.7 Å². The summed E-state index contributed by atoms with van der Waals surface area (Å²) in [5, 5.41) is 11.4. The van der Waals surface area contributed by atoms with Gasteiger partial charge in [-0.3, -0.25) is 9.59 Å². The second kappa shape index (κ2) is 8.55. The lowest BCUT2D eigenvalue weighted by atomic mass is 9.95. The van der Waals surface area contributed by atoms with Gasteiger partial charge in [-0.1, -0.05) is 11.6 Å². The van der Waals surface area contributed by atoms with Crippen molar-refractivity contribution in [2.24, 2.45) is 10.9 Å². The van der Waals surface area contributed by atoms with Crippen molar-refractivity contribution in [2.75, 3.05) is 19.6 Å². The van der Waals surface area contributed by atoms with Crippen LogP contribution in [0.15, 0.2) is 35.0 Å². The van der Waals surface area contributed by atoms with Gasteiger partial charge in [-0.05, 0) is 58.4 Å². The van der Waals surface area contributed by atoms with Crippen LogP contribution in [0.4, 0.5) is 0 Å². The Morgan fingerprint density at radius 1 is 1.35 bits per heavy atom. The van der Waals surface area contributed by atoms with Gasteiger partial charge in [-0.2, -0.15) is 5.10 Å². The molecule has 0 spiro atoms. The van der Waals surface area contributed by atoms with Gasteiger partial charge in [0, 0.05) is 24.8 Å². The molecule has 4 rings (SSSR count). The number of allylic oxidation sites excluding steroid dienone is 1. The zero-order valence-electron chi connectivity index (χ0n) is 18.4. The quantitative estimate of drug-likeness (QED) is 0.774. The second-order valence-corrected chi connectivity index (χ2v) is 8.40. The van der Waals surface area contributed by atoms with Crippen molar-refractivity contribution in [3.05, 3.63) is 41.2 Å². The van der Waals surface area contributed by atoms with Crippen molar-refractivity contribution in [3.63, 3.8) is 0 Å². The lowest BCUT2D eigenvalue weighted by Crippen LogP contribution is -2.34.